The van der Waals surface area contributed by atoms with Crippen molar-refractivity contribution in [3.05, 3.63) is 47.9 Å². The first-order valence-electron chi connectivity index (χ1n) is 5.11. The van der Waals surface area contributed by atoms with Crippen LogP contribution in [0.5, 0.6) is 0 Å². The minimum Gasteiger partial charge on any atom is -0.476 e. The normalized spacial score (nSPS) is 11.3. The standard InChI is InChI=1S/C12H7F3N2O2/c13-12(14,15)8-3-1-7(2-4-8)9-5-16-6-10(17-9)11(18)19/h1-6H,(H,18,19). The zero-order valence-electron chi connectivity index (χ0n) is 9.35. The Kier molecular flexibility index (Phi) is 3.20. The van der Waals surface area contributed by atoms with Gasteiger partial charge in [-0.3, -0.25) is 4.98 Å². The van der Waals surface area contributed by atoms with Gasteiger partial charge in [0.1, 0.15) is 0 Å². The lowest BCUT2D eigenvalue weighted by Crippen LogP contribution is -2.04. The maximum atomic E-state index is 12.4. The van der Waals surface area contributed by atoms with Gasteiger partial charge in [-0.05, 0) is 12.1 Å². The van der Waals surface area contributed by atoms with Crippen molar-refractivity contribution < 1.29 is 23.1 Å². The number of alkyl halides is 3. The van der Waals surface area contributed by atoms with Gasteiger partial charge in [-0.15, -0.1) is 0 Å². The van der Waals surface area contributed by atoms with Gasteiger partial charge >= 0.3 is 12.1 Å². The molecular weight excluding hydrogens is 261 g/mol. The van der Waals surface area contributed by atoms with Gasteiger partial charge < -0.3 is 5.11 Å². The number of carboxylic acid groups (broad SMARTS) is 1. The van der Waals surface area contributed by atoms with Gasteiger partial charge in [0.2, 0.25) is 0 Å². The molecule has 0 aliphatic heterocycles. The molecule has 0 aliphatic carbocycles. The van der Waals surface area contributed by atoms with Crippen molar-refractivity contribution in [2.75, 3.05) is 0 Å². The van der Waals surface area contributed by atoms with Crippen molar-refractivity contribution in [3.63, 3.8) is 0 Å². The molecule has 1 aromatic heterocycles. The summed E-state index contributed by atoms with van der Waals surface area (Å²) >= 11 is 0. The van der Waals surface area contributed by atoms with Crippen LogP contribution in [0.1, 0.15) is 16.1 Å². The molecule has 0 saturated heterocycles. The molecule has 1 aromatic carbocycles. The van der Waals surface area contributed by atoms with Gasteiger partial charge in [-0.25, -0.2) is 9.78 Å². The van der Waals surface area contributed by atoms with E-state index >= 15 is 0 Å². The van der Waals surface area contributed by atoms with E-state index < -0.39 is 17.7 Å². The molecule has 7 heteroatoms. The van der Waals surface area contributed by atoms with Gasteiger partial charge in [0.25, 0.3) is 0 Å². The van der Waals surface area contributed by atoms with Crippen LogP contribution < -0.4 is 0 Å². The van der Waals surface area contributed by atoms with Crippen molar-refractivity contribution in [1.29, 1.82) is 0 Å². The second-order valence-corrected chi connectivity index (χ2v) is 3.67. The van der Waals surface area contributed by atoms with Crippen LogP contribution in [0.4, 0.5) is 13.2 Å². The zero-order chi connectivity index (χ0) is 14.0. The quantitative estimate of drug-likeness (QED) is 0.909. The minimum absolute atomic E-state index is 0.202. The summed E-state index contributed by atoms with van der Waals surface area (Å²) in [7, 11) is 0. The number of rotatable bonds is 2. The molecule has 0 bridgehead atoms. The highest BCUT2D eigenvalue weighted by Crippen LogP contribution is 2.30. The number of carbonyl (C=O) groups is 1. The monoisotopic (exact) mass is 268 g/mol. The van der Waals surface area contributed by atoms with Gasteiger partial charge in [-0.2, -0.15) is 13.2 Å². The van der Waals surface area contributed by atoms with Crippen LogP contribution in [0, 0.1) is 0 Å². The topological polar surface area (TPSA) is 63.1 Å². The molecule has 2 aromatic rings. The van der Waals surface area contributed by atoms with Crippen molar-refractivity contribution in [1.82, 2.24) is 9.97 Å². The molecule has 2 rings (SSSR count). The average Bonchev–Trinajstić information content (AvgIpc) is 2.38. The van der Waals surface area contributed by atoms with Crippen molar-refractivity contribution in [2.45, 2.75) is 6.18 Å². The summed E-state index contributed by atoms with van der Waals surface area (Å²) in [5.74, 6) is -1.25. The lowest BCUT2D eigenvalue weighted by molar-refractivity contribution is -0.137. The lowest BCUT2D eigenvalue weighted by atomic mass is 10.1. The van der Waals surface area contributed by atoms with E-state index in [-0.39, 0.29) is 11.4 Å². The van der Waals surface area contributed by atoms with Gasteiger partial charge in [0, 0.05) is 5.56 Å². The summed E-state index contributed by atoms with van der Waals surface area (Å²) in [6, 6.07) is 4.26. The Labute approximate surface area is 105 Å². The molecule has 1 heterocycles. The largest absolute Gasteiger partial charge is 0.476 e. The van der Waals surface area contributed by atoms with E-state index in [2.05, 4.69) is 9.97 Å². The van der Waals surface area contributed by atoms with E-state index in [4.69, 9.17) is 5.11 Å². The Morgan fingerprint density at radius 2 is 1.74 bits per heavy atom. The number of carboxylic acids is 1. The minimum atomic E-state index is -4.41. The molecule has 0 saturated carbocycles. The number of benzene rings is 1. The van der Waals surface area contributed by atoms with Gasteiger partial charge in [0.15, 0.2) is 5.69 Å². The Morgan fingerprint density at radius 3 is 2.26 bits per heavy atom. The van der Waals surface area contributed by atoms with E-state index in [1.165, 1.54) is 18.3 Å². The van der Waals surface area contributed by atoms with Crippen LogP contribution in [-0.2, 0) is 6.18 Å². The van der Waals surface area contributed by atoms with Crippen molar-refractivity contribution in [2.24, 2.45) is 0 Å². The zero-order valence-corrected chi connectivity index (χ0v) is 9.35. The molecule has 98 valence electrons. The second kappa shape index (κ2) is 4.68. The number of nitrogens with zero attached hydrogens (tertiary/aromatic N) is 2. The summed E-state index contributed by atoms with van der Waals surface area (Å²) in [6.45, 7) is 0. The molecule has 0 fully saturated rings. The Bertz CT molecular complexity index is 609. The van der Waals surface area contributed by atoms with Crippen molar-refractivity contribution >= 4 is 5.97 Å². The van der Waals surface area contributed by atoms with E-state index in [9.17, 15) is 18.0 Å². The molecule has 0 spiro atoms. The number of hydrogen-bond donors (Lipinski definition) is 1. The summed E-state index contributed by atoms with van der Waals surface area (Å²) < 4.78 is 37.2. The lowest BCUT2D eigenvalue weighted by Gasteiger charge is -2.07. The highest BCUT2D eigenvalue weighted by molar-refractivity contribution is 5.85. The summed E-state index contributed by atoms with van der Waals surface area (Å²) in [4.78, 5) is 18.2. The smallest absolute Gasteiger partial charge is 0.416 e. The van der Waals surface area contributed by atoms with E-state index in [1.807, 2.05) is 0 Å². The molecule has 4 nitrogen and oxygen atoms in total. The van der Waals surface area contributed by atoms with Crippen LogP contribution >= 0.6 is 0 Å². The maximum absolute atomic E-state index is 12.4. The Morgan fingerprint density at radius 1 is 1.11 bits per heavy atom. The third-order valence-electron chi connectivity index (χ3n) is 2.36. The third-order valence-corrected chi connectivity index (χ3v) is 2.36. The van der Waals surface area contributed by atoms with Crippen LogP contribution in [-0.4, -0.2) is 21.0 Å². The number of halogens is 3. The first-order chi connectivity index (χ1) is 8.88. The fourth-order valence-corrected chi connectivity index (χ4v) is 1.44. The Balaban J connectivity index is 2.37. The Hall–Kier alpha value is -2.44. The van der Waals surface area contributed by atoms with Crippen LogP contribution in [0.25, 0.3) is 11.3 Å². The van der Waals surface area contributed by atoms with Gasteiger partial charge in [-0.1, -0.05) is 12.1 Å². The molecule has 0 aliphatic rings. The fourth-order valence-electron chi connectivity index (χ4n) is 1.44. The predicted octanol–water partition coefficient (Wildman–Crippen LogP) is 2.86. The van der Waals surface area contributed by atoms with E-state index in [0.29, 0.717) is 5.56 Å². The van der Waals surface area contributed by atoms with Crippen LogP contribution in [0.3, 0.4) is 0 Å². The molecule has 0 atom stereocenters. The number of hydrogen-bond acceptors (Lipinski definition) is 3. The summed E-state index contributed by atoms with van der Waals surface area (Å²) in [5.41, 5.74) is -0.478. The van der Waals surface area contributed by atoms with Crippen molar-refractivity contribution in [3.8, 4) is 11.3 Å². The third kappa shape index (κ3) is 2.87. The predicted molar refractivity (Wildman–Crippen MR) is 59.4 cm³/mol. The molecule has 1 N–H and O–H groups in total. The number of aromatic carboxylic acids is 1. The van der Waals surface area contributed by atoms with Crippen LogP contribution in [0.2, 0.25) is 0 Å². The molecule has 0 unspecified atom stereocenters. The SMILES string of the molecule is O=C(O)c1cncc(-c2ccc(C(F)(F)F)cc2)n1. The van der Waals surface area contributed by atoms with Crippen LogP contribution in [0.15, 0.2) is 36.7 Å². The maximum Gasteiger partial charge on any atom is 0.416 e. The fraction of sp³-hybridized carbons (Fsp3) is 0.0833. The average molecular weight is 268 g/mol. The van der Waals surface area contributed by atoms with Gasteiger partial charge in [0.05, 0.1) is 23.7 Å². The highest BCUT2D eigenvalue weighted by atomic mass is 19.4. The highest BCUT2D eigenvalue weighted by Gasteiger charge is 2.30. The molecule has 0 radical (unpaired) electrons. The molecule has 19 heavy (non-hydrogen) atoms. The number of aromatic nitrogens is 2. The summed E-state index contributed by atoms with van der Waals surface area (Å²) in [6.07, 6.45) is -2.06. The van der Waals surface area contributed by atoms with E-state index in [1.54, 1.807) is 0 Å². The first-order valence-corrected chi connectivity index (χ1v) is 5.11. The molecule has 0 amide bonds. The molecular formula is C12H7F3N2O2. The second-order valence-electron chi connectivity index (χ2n) is 3.67. The summed E-state index contributed by atoms with van der Waals surface area (Å²) in [5, 5.41) is 8.76. The first kappa shape index (κ1) is 13.0. The van der Waals surface area contributed by atoms with E-state index in [0.717, 1.165) is 18.3 Å².